The summed E-state index contributed by atoms with van der Waals surface area (Å²) in [6.07, 6.45) is 7.47. The van der Waals surface area contributed by atoms with Gasteiger partial charge in [-0.15, -0.1) is 0 Å². The molecule has 1 aromatic heterocycles. The Labute approximate surface area is 197 Å². The summed E-state index contributed by atoms with van der Waals surface area (Å²) in [5.41, 5.74) is 12.5. The molecule has 3 N–H and O–H groups in total. The minimum Gasteiger partial charge on any atom is -0.493 e. The summed E-state index contributed by atoms with van der Waals surface area (Å²) in [6, 6.07) is 14.2. The number of rotatable bonds is 5. The molecular weight excluding hydrogens is 410 g/mol. The van der Waals surface area contributed by atoms with Gasteiger partial charge in [0.25, 0.3) is 0 Å². The van der Waals surface area contributed by atoms with E-state index in [9.17, 15) is 0 Å². The van der Waals surface area contributed by atoms with Crippen LogP contribution in [0.25, 0.3) is 22.2 Å². The number of nitrogens with two attached hydrogens (primary N) is 1. The lowest BCUT2D eigenvalue weighted by Gasteiger charge is -2.40. The highest BCUT2D eigenvalue weighted by atomic mass is 16.5. The van der Waals surface area contributed by atoms with Crippen LogP contribution in [0, 0.1) is 6.92 Å². The normalized spacial score (nSPS) is 22.5. The van der Waals surface area contributed by atoms with Crippen molar-refractivity contribution < 1.29 is 9.47 Å². The van der Waals surface area contributed by atoms with Gasteiger partial charge in [0.15, 0.2) is 11.5 Å². The molecule has 2 aliphatic rings. The zero-order chi connectivity index (χ0) is 22.9. The molecule has 2 aromatic carbocycles. The number of benzene rings is 2. The molecule has 1 aliphatic heterocycles. The number of aryl methyl sites for hydroxylation is 1. The van der Waals surface area contributed by atoms with Gasteiger partial charge in [-0.3, -0.25) is 0 Å². The predicted octanol–water partition coefficient (Wildman–Crippen LogP) is 5.61. The molecule has 0 radical (unpaired) electrons. The SMILES string of the molecule is COc1ccc(-c2[nH]c3ccc(C4CCN(C5CCCC(N)C5)CC4)cc3c2C)cc1OC. The molecule has 2 unspecified atom stereocenters. The van der Waals surface area contributed by atoms with Crippen molar-refractivity contribution in [1.29, 1.82) is 0 Å². The van der Waals surface area contributed by atoms with Crippen molar-refractivity contribution in [2.75, 3.05) is 27.3 Å². The predicted molar refractivity (Wildman–Crippen MR) is 135 cm³/mol. The third-order valence-corrected chi connectivity index (χ3v) is 7.96. The summed E-state index contributed by atoms with van der Waals surface area (Å²) in [4.78, 5) is 6.35. The summed E-state index contributed by atoms with van der Waals surface area (Å²) in [6.45, 7) is 4.61. The van der Waals surface area contributed by atoms with Crippen LogP contribution in [0.1, 0.15) is 55.6 Å². The number of hydrogen-bond acceptors (Lipinski definition) is 4. The van der Waals surface area contributed by atoms with Crippen LogP contribution >= 0.6 is 0 Å². The van der Waals surface area contributed by atoms with Crippen molar-refractivity contribution in [3.63, 3.8) is 0 Å². The molecule has 2 atom stereocenters. The van der Waals surface area contributed by atoms with Crippen LogP contribution < -0.4 is 15.2 Å². The van der Waals surface area contributed by atoms with Crippen molar-refractivity contribution in [1.82, 2.24) is 9.88 Å². The fourth-order valence-corrected chi connectivity index (χ4v) is 6.01. The number of nitrogens with one attached hydrogen (secondary N) is 1. The van der Waals surface area contributed by atoms with E-state index in [4.69, 9.17) is 15.2 Å². The number of H-pyrrole nitrogens is 1. The number of aromatic amines is 1. The van der Waals surface area contributed by atoms with Crippen molar-refractivity contribution in [2.45, 2.75) is 63.5 Å². The van der Waals surface area contributed by atoms with Crippen molar-refractivity contribution in [2.24, 2.45) is 5.73 Å². The number of aromatic nitrogens is 1. The number of methoxy groups -OCH3 is 2. The van der Waals surface area contributed by atoms with Crippen LogP contribution in [0.4, 0.5) is 0 Å². The minimum absolute atomic E-state index is 0.403. The highest BCUT2D eigenvalue weighted by Gasteiger charge is 2.29. The summed E-state index contributed by atoms with van der Waals surface area (Å²) in [7, 11) is 3.35. The van der Waals surface area contributed by atoms with E-state index in [2.05, 4.69) is 41.1 Å². The van der Waals surface area contributed by atoms with E-state index < -0.39 is 0 Å². The minimum atomic E-state index is 0.403. The van der Waals surface area contributed by atoms with Gasteiger partial charge in [0.2, 0.25) is 0 Å². The second-order valence-electron chi connectivity index (χ2n) is 9.89. The fourth-order valence-electron chi connectivity index (χ4n) is 6.01. The number of nitrogens with zero attached hydrogens (tertiary/aromatic N) is 1. The summed E-state index contributed by atoms with van der Waals surface area (Å²) < 4.78 is 10.9. The molecule has 0 bridgehead atoms. The lowest BCUT2D eigenvalue weighted by molar-refractivity contribution is 0.115. The van der Waals surface area contributed by atoms with Crippen LogP contribution in [0.3, 0.4) is 0 Å². The van der Waals surface area contributed by atoms with Gasteiger partial charge in [-0.25, -0.2) is 0 Å². The summed E-state index contributed by atoms with van der Waals surface area (Å²) in [5, 5.41) is 1.32. The van der Waals surface area contributed by atoms with E-state index in [0.717, 1.165) is 22.8 Å². The maximum Gasteiger partial charge on any atom is 0.161 e. The van der Waals surface area contributed by atoms with Gasteiger partial charge in [0, 0.05) is 34.2 Å². The number of likely N-dealkylation sites (tertiary alicyclic amines) is 1. The van der Waals surface area contributed by atoms with Gasteiger partial charge in [-0.2, -0.15) is 0 Å². The van der Waals surface area contributed by atoms with E-state index >= 15 is 0 Å². The molecule has 2 fully saturated rings. The van der Waals surface area contributed by atoms with E-state index in [1.54, 1.807) is 14.2 Å². The quantitative estimate of drug-likeness (QED) is 0.534. The lowest BCUT2D eigenvalue weighted by atomic mass is 9.85. The molecule has 176 valence electrons. The Morgan fingerprint density at radius 1 is 0.939 bits per heavy atom. The standard InChI is InChI=1S/C28H37N3O2/c1-18-24-15-20(19-11-13-31(14-12-19)23-6-4-5-22(29)17-23)7-9-25(24)30-28(18)21-8-10-26(32-2)27(16-21)33-3/h7-10,15-16,19,22-23,30H,4-6,11-14,17,29H2,1-3H3. The monoisotopic (exact) mass is 447 g/mol. The Bertz CT molecular complexity index is 1110. The molecule has 1 saturated carbocycles. The van der Waals surface area contributed by atoms with Crippen molar-refractivity contribution in [3.8, 4) is 22.8 Å². The Kier molecular flexibility index (Phi) is 6.35. The highest BCUT2D eigenvalue weighted by Crippen LogP contribution is 2.38. The molecule has 33 heavy (non-hydrogen) atoms. The first kappa shape index (κ1) is 22.3. The Hall–Kier alpha value is -2.50. The van der Waals surface area contributed by atoms with Crippen molar-refractivity contribution in [3.05, 3.63) is 47.5 Å². The third-order valence-electron chi connectivity index (χ3n) is 7.96. The van der Waals surface area contributed by atoms with Gasteiger partial charge < -0.3 is 25.1 Å². The Morgan fingerprint density at radius 2 is 1.73 bits per heavy atom. The van der Waals surface area contributed by atoms with E-state index in [1.165, 1.54) is 73.6 Å². The largest absolute Gasteiger partial charge is 0.493 e. The van der Waals surface area contributed by atoms with E-state index in [0.29, 0.717) is 18.0 Å². The first-order valence-electron chi connectivity index (χ1n) is 12.4. The number of hydrogen-bond donors (Lipinski definition) is 2. The molecule has 1 aliphatic carbocycles. The summed E-state index contributed by atoms with van der Waals surface area (Å²) in [5.74, 6) is 2.14. The number of fused-ring (bicyclic) bond motifs is 1. The fraction of sp³-hybridized carbons (Fsp3) is 0.500. The van der Waals surface area contributed by atoms with E-state index in [-0.39, 0.29) is 0 Å². The average Bonchev–Trinajstić information content (AvgIpc) is 3.19. The molecule has 1 saturated heterocycles. The maximum absolute atomic E-state index is 6.25. The maximum atomic E-state index is 6.25. The first-order valence-corrected chi connectivity index (χ1v) is 12.4. The zero-order valence-electron chi connectivity index (χ0n) is 20.2. The highest BCUT2D eigenvalue weighted by molar-refractivity contribution is 5.91. The zero-order valence-corrected chi connectivity index (χ0v) is 20.2. The van der Waals surface area contributed by atoms with Crippen molar-refractivity contribution >= 4 is 10.9 Å². The van der Waals surface area contributed by atoms with Crippen LogP contribution in [-0.4, -0.2) is 49.3 Å². The van der Waals surface area contributed by atoms with Gasteiger partial charge in [-0.1, -0.05) is 12.5 Å². The van der Waals surface area contributed by atoms with Gasteiger partial charge >= 0.3 is 0 Å². The Morgan fingerprint density at radius 3 is 2.45 bits per heavy atom. The smallest absolute Gasteiger partial charge is 0.161 e. The lowest BCUT2D eigenvalue weighted by Crippen LogP contribution is -2.45. The second kappa shape index (κ2) is 9.40. The van der Waals surface area contributed by atoms with Crippen LogP contribution in [0.2, 0.25) is 0 Å². The molecule has 0 spiro atoms. The van der Waals surface area contributed by atoms with Gasteiger partial charge in [0.05, 0.1) is 14.2 Å². The first-order chi connectivity index (χ1) is 16.1. The molecule has 3 aromatic rings. The number of piperidine rings is 1. The van der Waals surface area contributed by atoms with Crippen LogP contribution in [-0.2, 0) is 0 Å². The molecule has 0 amide bonds. The molecule has 5 nitrogen and oxygen atoms in total. The van der Waals surface area contributed by atoms with Gasteiger partial charge in [-0.05, 0) is 99.5 Å². The Balaban J connectivity index is 1.35. The number of ether oxygens (including phenoxy) is 2. The van der Waals surface area contributed by atoms with Crippen LogP contribution in [0.15, 0.2) is 36.4 Å². The van der Waals surface area contributed by atoms with E-state index in [1.807, 2.05) is 12.1 Å². The molecule has 5 heteroatoms. The molecular formula is C28H37N3O2. The van der Waals surface area contributed by atoms with Crippen LogP contribution in [0.5, 0.6) is 11.5 Å². The molecule has 2 heterocycles. The average molecular weight is 448 g/mol. The topological polar surface area (TPSA) is 63.5 Å². The third kappa shape index (κ3) is 4.36. The summed E-state index contributed by atoms with van der Waals surface area (Å²) >= 11 is 0. The van der Waals surface area contributed by atoms with Gasteiger partial charge in [0.1, 0.15) is 0 Å². The second-order valence-corrected chi connectivity index (χ2v) is 9.89. The molecule has 5 rings (SSSR count).